The first-order valence-corrected chi connectivity index (χ1v) is 13.1. The zero-order valence-electron chi connectivity index (χ0n) is 21.9. The number of benzene rings is 1. The summed E-state index contributed by atoms with van der Waals surface area (Å²) in [5.41, 5.74) is 0.499. The summed E-state index contributed by atoms with van der Waals surface area (Å²) in [6.07, 6.45) is -2.08. The fourth-order valence-electron chi connectivity index (χ4n) is 5.33. The van der Waals surface area contributed by atoms with Gasteiger partial charge in [-0.2, -0.15) is 0 Å². The van der Waals surface area contributed by atoms with E-state index in [-0.39, 0.29) is 36.7 Å². The number of halogens is 1. The monoisotopic (exact) mass is 531 g/mol. The number of ketones is 1. The SMILES string of the molecule is CC(C)C[C@H](NC(=O)c1cc2cc(OC[C@@H]3CN(C)CCO3)ccc2o1)C(=O)N1C[C@H](F)[C@H]2OCC(=O)[C@H]21. The van der Waals surface area contributed by atoms with Gasteiger partial charge in [0.2, 0.25) is 5.91 Å². The molecule has 11 heteroatoms. The fraction of sp³-hybridized carbons (Fsp3) is 0.593. The lowest BCUT2D eigenvalue weighted by atomic mass is 10.0. The Labute approximate surface area is 220 Å². The van der Waals surface area contributed by atoms with Gasteiger partial charge in [-0.15, -0.1) is 0 Å². The van der Waals surface area contributed by atoms with Crippen molar-refractivity contribution in [2.75, 3.05) is 46.5 Å². The van der Waals surface area contributed by atoms with E-state index in [2.05, 4.69) is 10.2 Å². The number of nitrogens with zero attached hydrogens (tertiary/aromatic N) is 2. The number of amides is 2. The van der Waals surface area contributed by atoms with Crippen molar-refractivity contribution in [3.63, 3.8) is 0 Å². The molecule has 3 aliphatic rings. The second-order valence-electron chi connectivity index (χ2n) is 10.7. The highest BCUT2D eigenvalue weighted by molar-refractivity contribution is 6.00. The van der Waals surface area contributed by atoms with Crippen LogP contribution in [-0.4, -0.2) is 104 Å². The number of likely N-dealkylation sites (N-methyl/N-ethyl adjacent to an activating group) is 1. The van der Waals surface area contributed by atoms with Gasteiger partial charge >= 0.3 is 0 Å². The van der Waals surface area contributed by atoms with Crippen molar-refractivity contribution in [3.05, 3.63) is 30.0 Å². The number of hydrogen-bond acceptors (Lipinski definition) is 8. The molecule has 10 nitrogen and oxygen atoms in total. The predicted octanol–water partition coefficient (Wildman–Crippen LogP) is 1.80. The molecule has 1 aromatic heterocycles. The molecule has 1 N–H and O–H groups in total. The second-order valence-corrected chi connectivity index (χ2v) is 10.7. The van der Waals surface area contributed by atoms with Crippen molar-refractivity contribution in [1.82, 2.24) is 15.1 Å². The van der Waals surface area contributed by atoms with Crippen LogP contribution in [0, 0.1) is 5.92 Å². The van der Waals surface area contributed by atoms with Crippen molar-refractivity contribution < 1.29 is 37.4 Å². The van der Waals surface area contributed by atoms with Crippen LogP contribution in [0.4, 0.5) is 4.39 Å². The topological polar surface area (TPSA) is 111 Å². The molecule has 5 rings (SSSR count). The number of nitrogens with one attached hydrogen (secondary N) is 1. The normalized spacial score (nSPS) is 26.7. The van der Waals surface area contributed by atoms with Crippen LogP contribution in [0.25, 0.3) is 11.0 Å². The van der Waals surface area contributed by atoms with Crippen LogP contribution < -0.4 is 10.1 Å². The lowest BCUT2D eigenvalue weighted by Crippen LogP contribution is -2.52. The molecule has 0 aliphatic carbocycles. The Hall–Kier alpha value is -3.02. The van der Waals surface area contributed by atoms with Gasteiger partial charge in [0.25, 0.3) is 5.91 Å². The number of morpholine rings is 1. The van der Waals surface area contributed by atoms with E-state index in [1.165, 1.54) is 4.90 Å². The molecule has 2 aromatic rings. The maximum atomic E-state index is 14.5. The van der Waals surface area contributed by atoms with E-state index in [0.717, 1.165) is 13.1 Å². The molecule has 206 valence electrons. The van der Waals surface area contributed by atoms with Gasteiger partial charge in [0.1, 0.15) is 55.0 Å². The minimum atomic E-state index is -1.44. The number of carbonyl (C=O) groups excluding carboxylic acids is 3. The molecular weight excluding hydrogens is 497 g/mol. The summed E-state index contributed by atoms with van der Waals surface area (Å²) in [4.78, 5) is 42.2. The van der Waals surface area contributed by atoms with Crippen molar-refractivity contribution in [1.29, 1.82) is 0 Å². The van der Waals surface area contributed by atoms with Crippen molar-refractivity contribution >= 4 is 28.6 Å². The van der Waals surface area contributed by atoms with Gasteiger partial charge in [0, 0.05) is 18.5 Å². The predicted molar refractivity (Wildman–Crippen MR) is 135 cm³/mol. The number of Topliss-reactive ketones (excluding diaryl/α,β-unsaturated/α-hetero) is 1. The van der Waals surface area contributed by atoms with Crippen LogP contribution in [-0.2, 0) is 19.1 Å². The van der Waals surface area contributed by atoms with Crippen LogP contribution >= 0.6 is 0 Å². The van der Waals surface area contributed by atoms with Gasteiger partial charge in [-0.1, -0.05) is 13.8 Å². The van der Waals surface area contributed by atoms with E-state index in [1.54, 1.807) is 24.3 Å². The van der Waals surface area contributed by atoms with Gasteiger partial charge in [-0.25, -0.2) is 4.39 Å². The molecule has 5 atom stereocenters. The van der Waals surface area contributed by atoms with E-state index < -0.39 is 36.2 Å². The lowest BCUT2D eigenvalue weighted by Gasteiger charge is -2.29. The number of hydrogen-bond donors (Lipinski definition) is 1. The Morgan fingerprint density at radius 1 is 1.21 bits per heavy atom. The Morgan fingerprint density at radius 3 is 2.79 bits per heavy atom. The molecule has 3 aliphatic heterocycles. The molecule has 2 amide bonds. The molecule has 0 spiro atoms. The highest BCUT2D eigenvalue weighted by atomic mass is 19.1. The van der Waals surface area contributed by atoms with E-state index in [0.29, 0.717) is 36.4 Å². The van der Waals surface area contributed by atoms with Gasteiger partial charge in [-0.05, 0) is 43.7 Å². The zero-order valence-corrected chi connectivity index (χ0v) is 21.9. The average molecular weight is 532 g/mol. The van der Waals surface area contributed by atoms with Crippen LogP contribution in [0.3, 0.4) is 0 Å². The average Bonchev–Trinajstić information content (AvgIpc) is 3.57. The summed E-state index contributed by atoms with van der Waals surface area (Å²) in [5.74, 6) is -0.661. The smallest absolute Gasteiger partial charge is 0.287 e. The summed E-state index contributed by atoms with van der Waals surface area (Å²) in [6.45, 7) is 6.15. The first kappa shape index (κ1) is 26.6. The van der Waals surface area contributed by atoms with Crippen LogP contribution in [0.15, 0.2) is 28.7 Å². The standard InChI is InChI=1S/C27H34FN3O7/c1-15(2)8-20(27(34)31-12-19(28)25-24(31)21(32)14-37-25)29-26(33)23-10-16-9-17(4-5-22(16)38-23)36-13-18-11-30(3)6-7-35-18/h4-5,9-10,15,18-20,24-25H,6-8,11-14H2,1-3H3,(H,29,33)/t18-,19-,20-,24+,25+/m0/s1. The molecule has 3 fully saturated rings. The van der Waals surface area contributed by atoms with E-state index in [1.807, 2.05) is 20.9 Å². The number of furan rings is 1. The first-order chi connectivity index (χ1) is 18.2. The highest BCUT2D eigenvalue weighted by Crippen LogP contribution is 2.31. The third kappa shape index (κ3) is 5.55. The molecule has 3 saturated heterocycles. The summed E-state index contributed by atoms with van der Waals surface area (Å²) in [6, 6.07) is 4.98. The summed E-state index contributed by atoms with van der Waals surface area (Å²) in [7, 11) is 2.04. The van der Waals surface area contributed by atoms with Gasteiger partial charge in [0.05, 0.1) is 13.2 Å². The minimum Gasteiger partial charge on any atom is -0.491 e. The lowest BCUT2D eigenvalue weighted by molar-refractivity contribution is -0.138. The summed E-state index contributed by atoms with van der Waals surface area (Å²) < 4.78 is 37.1. The Bertz CT molecular complexity index is 1200. The van der Waals surface area contributed by atoms with E-state index >= 15 is 0 Å². The molecule has 0 bridgehead atoms. The van der Waals surface area contributed by atoms with Crippen LogP contribution in [0.1, 0.15) is 30.8 Å². The quantitative estimate of drug-likeness (QED) is 0.549. The van der Waals surface area contributed by atoms with E-state index in [9.17, 15) is 18.8 Å². The van der Waals surface area contributed by atoms with Crippen LogP contribution in [0.5, 0.6) is 5.75 Å². The number of alkyl halides is 1. The number of rotatable bonds is 8. The Kier molecular flexibility index (Phi) is 7.69. The molecule has 0 unspecified atom stereocenters. The van der Waals surface area contributed by atoms with Gasteiger partial charge in [-0.3, -0.25) is 14.4 Å². The fourth-order valence-corrected chi connectivity index (χ4v) is 5.33. The number of fused-ring (bicyclic) bond motifs is 2. The Balaban J connectivity index is 1.26. The van der Waals surface area contributed by atoms with Crippen molar-refractivity contribution in [3.8, 4) is 5.75 Å². The van der Waals surface area contributed by atoms with Crippen molar-refractivity contribution in [2.45, 2.75) is 50.7 Å². The van der Waals surface area contributed by atoms with E-state index in [4.69, 9.17) is 18.6 Å². The summed E-state index contributed by atoms with van der Waals surface area (Å²) in [5, 5.41) is 3.43. The molecule has 38 heavy (non-hydrogen) atoms. The zero-order chi connectivity index (χ0) is 27.0. The molecule has 0 saturated carbocycles. The number of likely N-dealkylation sites (tertiary alicyclic amines) is 1. The van der Waals surface area contributed by atoms with Crippen LogP contribution in [0.2, 0.25) is 0 Å². The van der Waals surface area contributed by atoms with Gasteiger partial charge < -0.3 is 33.7 Å². The second kappa shape index (κ2) is 11.0. The van der Waals surface area contributed by atoms with Gasteiger partial charge in [0.15, 0.2) is 11.5 Å². The maximum Gasteiger partial charge on any atom is 0.287 e. The molecule has 0 radical (unpaired) electrons. The first-order valence-electron chi connectivity index (χ1n) is 13.1. The third-order valence-electron chi connectivity index (χ3n) is 7.21. The third-order valence-corrected chi connectivity index (χ3v) is 7.21. The minimum absolute atomic E-state index is 0.0183. The van der Waals surface area contributed by atoms with Crippen molar-refractivity contribution in [2.24, 2.45) is 5.92 Å². The maximum absolute atomic E-state index is 14.5. The highest BCUT2D eigenvalue weighted by Gasteiger charge is 2.53. The molecular formula is C27H34FN3O7. The number of carbonyl (C=O) groups is 3. The Morgan fingerprint density at radius 2 is 2.03 bits per heavy atom. The largest absolute Gasteiger partial charge is 0.491 e. The molecule has 4 heterocycles. The summed E-state index contributed by atoms with van der Waals surface area (Å²) >= 11 is 0. The molecule has 1 aromatic carbocycles. The number of ether oxygens (including phenoxy) is 3.